The molecule has 1 atom stereocenters. The number of nitrogens with zero attached hydrogens (tertiary/aromatic N) is 1. The molecule has 1 rings (SSSR count). The van der Waals surface area contributed by atoms with Crippen LogP contribution < -0.4 is 5.73 Å². The van der Waals surface area contributed by atoms with Gasteiger partial charge in [-0.1, -0.05) is 20.8 Å². The number of imidazole rings is 1. The first-order valence-electron chi connectivity index (χ1n) is 7.36. The Morgan fingerprint density at radius 3 is 2.45 bits per heavy atom. The second kappa shape index (κ2) is 7.20. The minimum atomic E-state index is -1.55. The molecular weight excluding hydrogens is 325 g/mol. The molecule has 22 heavy (non-hydrogen) atoms. The molecule has 126 valence electrons. The average molecular weight is 350 g/mol. The van der Waals surface area contributed by atoms with E-state index in [4.69, 9.17) is 33.7 Å². The Hall–Kier alpha value is -0.780. The fraction of sp³-hybridized carbons (Fsp3) is 0.733. The van der Waals surface area contributed by atoms with Crippen LogP contribution in [0.15, 0.2) is 6.20 Å². The lowest BCUT2D eigenvalue weighted by molar-refractivity contribution is -0.163. The Morgan fingerprint density at radius 1 is 1.45 bits per heavy atom. The zero-order valence-electron chi connectivity index (χ0n) is 13.7. The summed E-state index contributed by atoms with van der Waals surface area (Å²) in [7, 11) is 0. The standard InChI is InChI=1S/C15H25Cl2N3O2/c1-6-14(4,5)22-13(21)15(18,12(16)17)7-11-19-8-10(20-11)9(2)3/h8-9,12H,6-7,18H2,1-5H3,(H,19,20). The van der Waals surface area contributed by atoms with E-state index in [-0.39, 0.29) is 6.42 Å². The maximum Gasteiger partial charge on any atom is 0.329 e. The molecule has 0 saturated heterocycles. The van der Waals surface area contributed by atoms with E-state index in [2.05, 4.69) is 9.97 Å². The molecule has 1 heterocycles. The summed E-state index contributed by atoms with van der Waals surface area (Å²) in [6.45, 7) is 9.62. The number of ether oxygens (including phenoxy) is 1. The molecule has 0 aromatic carbocycles. The molecular formula is C15H25Cl2N3O2. The van der Waals surface area contributed by atoms with Gasteiger partial charge in [0.1, 0.15) is 16.3 Å². The first kappa shape index (κ1) is 19.3. The van der Waals surface area contributed by atoms with Gasteiger partial charge in [-0.15, -0.1) is 23.2 Å². The Bertz CT molecular complexity index is 515. The van der Waals surface area contributed by atoms with Gasteiger partial charge in [0.2, 0.25) is 0 Å². The number of alkyl halides is 2. The Morgan fingerprint density at radius 2 is 2.05 bits per heavy atom. The highest BCUT2D eigenvalue weighted by Gasteiger charge is 2.45. The molecule has 5 nitrogen and oxygen atoms in total. The van der Waals surface area contributed by atoms with Crippen molar-refractivity contribution in [3.63, 3.8) is 0 Å². The number of nitrogens with one attached hydrogen (secondary N) is 1. The molecule has 0 saturated carbocycles. The molecule has 0 fully saturated rings. The SMILES string of the molecule is CCC(C)(C)OC(=O)C(N)(Cc1ncc(C(C)C)[nH]1)C(Cl)Cl. The molecule has 0 bridgehead atoms. The van der Waals surface area contributed by atoms with E-state index < -0.39 is 21.9 Å². The monoisotopic (exact) mass is 349 g/mol. The highest BCUT2D eigenvalue weighted by molar-refractivity contribution is 6.46. The van der Waals surface area contributed by atoms with Crippen molar-refractivity contribution in [1.82, 2.24) is 9.97 Å². The fourth-order valence-corrected chi connectivity index (χ4v) is 2.03. The highest BCUT2D eigenvalue weighted by Crippen LogP contribution is 2.27. The smallest absolute Gasteiger partial charge is 0.329 e. The Kier molecular flexibility index (Phi) is 6.30. The lowest BCUT2D eigenvalue weighted by Crippen LogP contribution is -2.57. The van der Waals surface area contributed by atoms with Crippen molar-refractivity contribution in [2.45, 2.75) is 69.4 Å². The zero-order chi connectivity index (χ0) is 17.1. The van der Waals surface area contributed by atoms with Crippen molar-refractivity contribution < 1.29 is 9.53 Å². The summed E-state index contributed by atoms with van der Waals surface area (Å²) in [6.07, 6.45) is 2.46. The largest absolute Gasteiger partial charge is 0.458 e. The van der Waals surface area contributed by atoms with Gasteiger partial charge in [0, 0.05) is 18.3 Å². The number of H-pyrrole nitrogens is 1. The first-order chi connectivity index (χ1) is 10.0. The lowest BCUT2D eigenvalue weighted by Gasteiger charge is -2.32. The number of carbonyl (C=O) groups excluding carboxylic acids is 1. The molecule has 0 aliphatic heterocycles. The fourth-order valence-electron chi connectivity index (χ4n) is 1.70. The molecule has 0 spiro atoms. The topological polar surface area (TPSA) is 81.0 Å². The summed E-state index contributed by atoms with van der Waals surface area (Å²) in [5.74, 6) is 0.225. The predicted molar refractivity (Wildman–Crippen MR) is 89.3 cm³/mol. The van der Waals surface area contributed by atoms with Crippen LogP contribution in [0.25, 0.3) is 0 Å². The van der Waals surface area contributed by atoms with E-state index in [1.165, 1.54) is 0 Å². The van der Waals surface area contributed by atoms with Crippen molar-refractivity contribution in [2.24, 2.45) is 5.73 Å². The number of rotatable bonds is 7. The van der Waals surface area contributed by atoms with E-state index in [1.807, 2.05) is 34.6 Å². The third-order valence-electron chi connectivity index (χ3n) is 3.72. The van der Waals surface area contributed by atoms with Crippen molar-refractivity contribution in [3.8, 4) is 0 Å². The van der Waals surface area contributed by atoms with E-state index in [1.54, 1.807) is 6.20 Å². The zero-order valence-corrected chi connectivity index (χ0v) is 15.3. The second-order valence-corrected chi connectivity index (χ2v) is 7.56. The van der Waals surface area contributed by atoms with Gasteiger partial charge in [-0.2, -0.15) is 0 Å². The van der Waals surface area contributed by atoms with Crippen molar-refractivity contribution in [1.29, 1.82) is 0 Å². The number of esters is 1. The summed E-state index contributed by atoms with van der Waals surface area (Å²) in [5.41, 5.74) is 4.94. The van der Waals surface area contributed by atoms with Crippen molar-refractivity contribution >= 4 is 29.2 Å². The summed E-state index contributed by atoms with van der Waals surface area (Å²) in [6, 6.07) is 0. The Balaban J connectivity index is 2.97. The average Bonchev–Trinajstić information content (AvgIpc) is 2.86. The van der Waals surface area contributed by atoms with Gasteiger partial charge in [0.15, 0.2) is 5.54 Å². The van der Waals surface area contributed by atoms with Crippen LogP contribution in [0.4, 0.5) is 0 Å². The summed E-state index contributed by atoms with van der Waals surface area (Å²) < 4.78 is 5.47. The third kappa shape index (κ3) is 4.61. The summed E-state index contributed by atoms with van der Waals surface area (Å²) in [5, 5.41) is 0. The third-order valence-corrected chi connectivity index (χ3v) is 4.50. The predicted octanol–water partition coefficient (Wildman–Crippen LogP) is 3.31. The normalized spacial score (nSPS) is 15.2. The van der Waals surface area contributed by atoms with Crippen LogP contribution in [0.3, 0.4) is 0 Å². The van der Waals surface area contributed by atoms with E-state index in [0.29, 0.717) is 18.2 Å². The quantitative estimate of drug-likeness (QED) is 0.584. The van der Waals surface area contributed by atoms with Crippen LogP contribution in [0.1, 0.15) is 58.5 Å². The highest BCUT2D eigenvalue weighted by atomic mass is 35.5. The van der Waals surface area contributed by atoms with Gasteiger partial charge in [0.25, 0.3) is 0 Å². The van der Waals surface area contributed by atoms with Crippen LogP contribution in [-0.2, 0) is 16.0 Å². The van der Waals surface area contributed by atoms with Gasteiger partial charge in [-0.05, 0) is 26.2 Å². The molecule has 1 aromatic rings. The number of aromatic amines is 1. The molecule has 7 heteroatoms. The second-order valence-electron chi connectivity index (χ2n) is 6.46. The van der Waals surface area contributed by atoms with Gasteiger partial charge in [0.05, 0.1) is 0 Å². The van der Waals surface area contributed by atoms with Gasteiger partial charge >= 0.3 is 5.97 Å². The van der Waals surface area contributed by atoms with Crippen molar-refractivity contribution in [3.05, 3.63) is 17.7 Å². The first-order valence-corrected chi connectivity index (χ1v) is 8.23. The van der Waals surface area contributed by atoms with Crippen LogP contribution in [0.5, 0.6) is 0 Å². The minimum absolute atomic E-state index is 0.0794. The van der Waals surface area contributed by atoms with Crippen molar-refractivity contribution in [2.75, 3.05) is 0 Å². The number of nitrogens with two attached hydrogens (primary N) is 1. The van der Waals surface area contributed by atoms with Crippen LogP contribution >= 0.6 is 23.2 Å². The molecule has 1 unspecified atom stereocenters. The molecule has 0 radical (unpaired) electrons. The molecule has 0 aliphatic carbocycles. The maximum atomic E-state index is 12.5. The number of hydrogen-bond donors (Lipinski definition) is 2. The molecule has 0 aliphatic rings. The lowest BCUT2D eigenvalue weighted by atomic mass is 9.97. The number of halogens is 2. The van der Waals surface area contributed by atoms with Gasteiger partial charge < -0.3 is 15.5 Å². The number of carbonyl (C=O) groups is 1. The Labute approximate surface area is 141 Å². The summed E-state index contributed by atoms with van der Waals surface area (Å²) in [4.78, 5) is 18.7. The minimum Gasteiger partial charge on any atom is -0.458 e. The summed E-state index contributed by atoms with van der Waals surface area (Å²) >= 11 is 11.9. The van der Waals surface area contributed by atoms with E-state index in [0.717, 1.165) is 5.69 Å². The molecule has 0 amide bonds. The van der Waals surface area contributed by atoms with E-state index >= 15 is 0 Å². The van der Waals surface area contributed by atoms with Gasteiger partial charge in [-0.3, -0.25) is 0 Å². The van der Waals surface area contributed by atoms with Crippen LogP contribution in [0, 0.1) is 0 Å². The molecule has 3 N–H and O–H groups in total. The maximum absolute atomic E-state index is 12.5. The van der Waals surface area contributed by atoms with E-state index in [9.17, 15) is 4.79 Å². The molecule has 1 aromatic heterocycles. The van der Waals surface area contributed by atoms with Crippen LogP contribution in [-0.4, -0.2) is 31.9 Å². The van der Waals surface area contributed by atoms with Gasteiger partial charge in [-0.25, -0.2) is 9.78 Å². The van der Waals surface area contributed by atoms with Crippen LogP contribution in [0.2, 0.25) is 0 Å². The number of hydrogen-bond acceptors (Lipinski definition) is 4. The number of aromatic nitrogens is 2.